The van der Waals surface area contributed by atoms with E-state index < -0.39 is 17.8 Å². The maximum Gasteiger partial charge on any atom is 0.434 e. The van der Waals surface area contributed by atoms with Crippen LogP contribution >= 0.6 is 11.3 Å². The molecule has 1 amide bonds. The highest BCUT2D eigenvalue weighted by Gasteiger charge is 2.39. The average molecular weight is 308 g/mol. The Morgan fingerprint density at radius 1 is 1.55 bits per heavy atom. The minimum atomic E-state index is -4.61. The van der Waals surface area contributed by atoms with Gasteiger partial charge >= 0.3 is 6.18 Å². The third-order valence-electron chi connectivity index (χ3n) is 3.07. The lowest BCUT2D eigenvalue weighted by atomic mass is 9.94. The summed E-state index contributed by atoms with van der Waals surface area (Å²) in [4.78, 5) is 14.8. The lowest BCUT2D eigenvalue weighted by Gasteiger charge is -2.35. The van der Waals surface area contributed by atoms with E-state index in [9.17, 15) is 18.0 Å². The highest BCUT2D eigenvalue weighted by Crippen LogP contribution is 2.33. The monoisotopic (exact) mass is 308 g/mol. The molecule has 1 aliphatic heterocycles. The Kier molecular flexibility index (Phi) is 4.06. The van der Waals surface area contributed by atoms with Gasteiger partial charge in [-0.2, -0.15) is 13.2 Å². The van der Waals surface area contributed by atoms with E-state index in [1.165, 1.54) is 0 Å². The van der Waals surface area contributed by atoms with Gasteiger partial charge in [-0.25, -0.2) is 4.98 Å². The summed E-state index contributed by atoms with van der Waals surface area (Å²) in [6, 6.07) is -0.186. The molecule has 0 unspecified atom stereocenters. The maximum absolute atomic E-state index is 12.7. The van der Waals surface area contributed by atoms with Crippen LogP contribution in [0, 0.1) is 0 Å². The van der Waals surface area contributed by atoms with Gasteiger partial charge in [0.15, 0.2) is 5.69 Å². The van der Waals surface area contributed by atoms with Gasteiger partial charge in [-0.15, -0.1) is 11.3 Å². The number of ether oxygens (including phenoxy) is 1. The molecule has 1 saturated heterocycles. The lowest BCUT2D eigenvalue weighted by Crippen LogP contribution is -2.45. The summed E-state index contributed by atoms with van der Waals surface area (Å²) in [6.07, 6.45) is -3.45. The van der Waals surface area contributed by atoms with Gasteiger partial charge in [0, 0.05) is 12.6 Å². The molecule has 1 atom stereocenters. The van der Waals surface area contributed by atoms with E-state index in [1.807, 2.05) is 13.8 Å². The lowest BCUT2D eigenvalue weighted by molar-refractivity contribution is -0.141. The third-order valence-corrected chi connectivity index (χ3v) is 3.90. The minimum absolute atomic E-state index is 0.186. The Balaban J connectivity index is 2.08. The first-order chi connectivity index (χ1) is 9.19. The van der Waals surface area contributed by atoms with Crippen LogP contribution in [-0.4, -0.2) is 29.1 Å². The Hall–Kier alpha value is -1.15. The molecule has 8 heteroatoms. The predicted octanol–water partition coefficient (Wildman–Crippen LogP) is 2.85. The van der Waals surface area contributed by atoms with Gasteiger partial charge in [0.2, 0.25) is 0 Å². The highest BCUT2D eigenvalue weighted by atomic mass is 32.1. The number of nitrogens with zero attached hydrogens (tertiary/aromatic N) is 1. The van der Waals surface area contributed by atoms with Crippen molar-refractivity contribution < 1.29 is 22.7 Å². The Morgan fingerprint density at radius 2 is 2.25 bits per heavy atom. The molecule has 0 spiro atoms. The number of carbonyl (C=O) groups excluding carboxylic acids is 1. The molecular formula is C12H15F3N2O2S. The number of nitrogens with one attached hydrogen (secondary N) is 1. The van der Waals surface area contributed by atoms with Crippen molar-refractivity contribution in [1.29, 1.82) is 0 Å². The maximum atomic E-state index is 12.7. The number of amides is 1. The van der Waals surface area contributed by atoms with Gasteiger partial charge in [-0.05, 0) is 26.7 Å². The minimum Gasteiger partial charge on any atom is -0.375 e. The summed E-state index contributed by atoms with van der Waals surface area (Å²) in [7, 11) is 0. The first-order valence-corrected chi connectivity index (χ1v) is 7.02. The Bertz CT molecular complexity index is 499. The van der Waals surface area contributed by atoms with Crippen molar-refractivity contribution in [3.63, 3.8) is 0 Å². The first-order valence-electron chi connectivity index (χ1n) is 6.14. The smallest absolute Gasteiger partial charge is 0.375 e. The first kappa shape index (κ1) is 15.2. The normalized spacial score (nSPS) is 22.6. The standard InChI is InChI=1S/C12H15F3N2O2S/c1-11(2)5-7(3-4-19-11)17-10(18)8-9(12(13,14)15)16-6-20-8/h6-7H,3-5H2,1-2H3,(H,17,18)/t7-/m0/s1. The van der Waals surface area contributed by atoms with E-state index in [0.29, 0.717) is 30.8 Å². The van der Waals surface area contributed by atoms with Gasteiger partial charge in [0.05, 0.1) is 11.1 Å². The summed E-state index contributed by atoms with van der Waals surface area (Å²) in [5, 5.41) is 2.64. The van der Waals surface area contributed by atoms with Crippen LogP contribution in [0.5, 0.6) is 0 Å². The van der Waals surface area contributed by atoms with Gasteiger partial charge in [0.1, 0.15) is 4.88 Å². The molecule has 0 radical (unpaired) electrons. The van der Waals surface area contributed by atoms with Crippen molar-refractivity contribution in [2.75, 3.05) is 6.61 Å². The van der Waals surface area contributed by atoms with Crippen LogP contribution in [0.1, 0.15) is 42.1 Å². The largest absolute Gasteiger partial charge is 0.434 e. The number of hydrogen-bond donors (Lipinski definition) is 1. The molecular weight excluding hydrogens is 293 g/mol. The van der Waals surface area contributed by atoms with Crippen molar-refractivity contribution in [3.8, 4) is 0 Å². The van der Waals surface area contributed by atoms with Crippen molar-refractivity contribution in [1.82, 2.24) is 10.3 Å². The fourth-order valence-corrected chi connectivity index (χ4v) is 2.92. The summed E-state index contributed by atoms with van der Waals surface area (Å²) in [5.41, 5.74) is -0.464. The van der Waals surface area contributed by atoms with Crippen molar-refractivity contribution in [3.05, 3.63) is 16.1 Å². The van der Waals surface area contributed by atoms with Crippen LogP contribution in [0.4, 0.5) is 13.2 Å². The number of rotatable bonds is 2. The van der Waals surface area contributed by atoms with Crippen LogP contribution in [0.15, 0.2) is 5.51 Å². The molecule has 0 aliphatic carbocycles. The van der Waals surface area contributed by atoms with Crippen LogP contribution in [0.25, 0.3) is 0 Å². The Labute approximate surface area is 118 Å². The number of aromatic nitrogens is 1. The number of thiazole rings is 1. The van der Waals surface area contributed by atoms with Gasteiger partial charge in [-0.3, -0.25) is 4.79 Å². The van der Waals surface area contributed by atoms with E-state index in [2.05, 4.69) is 10.3 Å². The molecule has 20 heavy (non-hydrogen) atoms. The number of halogens is 3. The van der Waals surface area contributed by atoms with E-state index in [-0.39, 0.29) is 16.5 Å². The molecule has 112 valence electrons. The molecule has 1 aromatic rings. The molecule has 0 bridgehead atoms. The zero-order valence-corrected chi connectivity index (χ0v) is 11.9. The van der Waals surface area contributed by atoms with Crippen LogP contribution in [0.3, 0.4) is 0 Å². The predicted molar refractivity (Wildman–Crippen MR) is 67.6 cm³/mol. The molecule has 1 fully saturated rings. The van der Waals surface area contributed by atoms with Crippen LogP contribution in [-0.2, 0) is 10.9 Å². The molecule has 1 N–H and O–H groups in total. The fourth-order valence-electron chi connectivity index (χ4n) is 2.22. The quantitative estimate of drug-likeness (QED) is 0.914. The Morgan fingerprint density at radius 3 is 2.85 bits per heavy atom. The molecule has 2 heterocycles. The SMILES string of the molecule is CC1(C)C[C@@H](NC(=O)c2scnc2C(F)(F)F)CCO1. The van der Waals surface area contributed by atoms with E-state index in [1.54, 1.807) is 0 Å². The summed E-state index contributed by atoms with van der Waals surface area (Å²) < 4.78 is 43.6. The zero-order chi connectivity index (χ0) is 15.0. The summed E-state index contributed by atoms with van der Waals surface area (Å²) >= 11 is 0.699. The van der Waals surface area contributed by atoms with Gasteiger partial charge in [-0.1, -0.05) is 0 Å². The topological polar surface area (TPSA) is 51.2 Å². The second-order valence-corrected chi connectivity index (χ2v) is 6.15. The molecule has 2 rings (SSSR count). The van der Waals surface area contributed by atoms with Crippen LogP contribution < -0.4 is 5.32 Å². The van der Waals surface area contributed by atoms with E-state index in [0.717, 1.165) is 5.51 Å². The molecule has 1 aromatic heterocycles. The van der Waals surface area contributed by atoms with Crippen LogP contribution in [0.2, 0.25) is 0 Å². The highest BCUT2D eigenvalue weighted by molar-refractivity contribution is 7.11. The summed E-state index contributed by atoms with van der Waals surface area (Å²) in [5.74, 6) is -0.720. The number of hydrogen-bond acceptors (Lipinski definition) is 4. The van der Waals surface area contributed by atoms with Crippen molar-refractivity contribution >= 4 is 17.2 Å². The second kappa shape index (κ2) is 5.33. The molecule has 0 saturated carbocycles. The average Bonchev–Trinajstić information content (AvgIpc) is 2.75. The number of carbonyl (C=O) groups is 1. The third kappa shape index (κ3) is 3.49. The van der Waals surface area contributed by atoms with Gasteiger partial charge < -0.3 is 10.1 Å². The molecule has 1 aliphatic rings. The molecule has 4 nitrogen and oxygen atoms in total. The van der Waals surface area contributed by atoms with Crippen molar-refractivity contribution in [2.24, 2.45) is 0 Å². The zero-order valence-electron chi connectivity index (χ0n) is 11.1. The van der Waals surface area contributed by atoms with E-state index >= 15 is 0 Å². The summed E-state index contributed by atoms with van der Waals surface area (Å²) in [6.45, 7) is 4.26. The number of alkyl halides is 3. The van der Waals surface area contributed by atoms with Crippen molar-refractivity contribution in [2.45, 2.75) is 44.5 Å². The fraction of sp³-hybridized carbons (Fsp3) is 0.667. The molecule has 0 aromatic carbocycles. The van der Waals surface area contributed by atoms with Gasteiger partial charge in [0.25, 0.3) is 5.91 Å². The second-order valence-electron chi connectivity index (χ2n) is 5.30. The van der Waals surface area contributed by atoms with E-state index in [4.69, 9.17) is 4.74 Å².